The molecule has 0 aliphatic carbocycles. The number of aromatic nitrogens is 1. The van der Waals surface area contributed by atoms with E-state index in [0.717, 1.165) is 15.7 Å². The minimum absolute atomic E-state index is 0.372. The molecule has 19 heavy (non-hydrogen) atoms. The average Bonchev–Trinajstić information content (AvgIpc) is 2.61. The zero-order valence-corrected chi connectivity index (χ0v) is 12.1. The average molecular weight is 315 g/mol. The van der Waals surface area contributed by atoms with Crippen LogP contribution in [0, 0.1) is 36.5 Å². The van der Waals surface area contributed by atoms with E-state index in [9.17, 15) is 5.26 Å². The third-order valence-electron chi connectivity index (χ3n) is 3.18. The Hall–Kier alpha value is -2.24. The molecule has 0 fully saturated rings. The summed E-state index contributed by atoms with van der Waals surface area (Å²) in [7, 11) is 0. The van der Waals surface area contributed by atoms with Crippen LogP contribution in [0.3, 0.4) is 0 Å². The minimum atomic E-state index is 0.372. The molecule has 0 unspecified atom stereocenters. The predicted octanol–water partition coefficient (Wildman–Crippen LogP) is 3.18. The third kappa shape index (κ3) is 1.99. The smallest absolute Gasteiger partial charge is 0.126 e. The van der Waals surface area contributed by atoms with Gasteiger partial charge in [-0.1, -0.05) is 15.9 Å². The second-order valence-electron chi connectivity index (χ2n) is 4.19. The number of nitrogens with zero attached hydrogens (tertiary/aromatic N) is 3. The second kappa shape index (κ2) is 4.79. The predicted molar refractivity (Wildman–Crippen MR) is 76.8 cm³/mol. The highest BCUT2D eigenvalue weighted by Gasteiger charge is 2.18. The van der Waals surface area contributed by atoms with Crippen LogP contribution in [0.15, 0.2) is 22.7 Å². The summed E-state index contributed by atoms with van der Waals surface area (Å²) in [6, 6.07) is 9.64. The summed E-state index contributed by atoms with van der Waals surface area (Å²) in [4.78, 5) is 0. The van der Waals surface area contributed by atoms with E-state index < -0.39 is 0 Å². The molecule has 4 nitrogen and oxygen atoms in total. The van der Waals surface area contributed by atoms with Crippen LogP contribution in [-0.2, 0) is 0 Å². The van der Waals surface area contributed by atoms with Gasteiger partial charge in [-0.3, -0.25) is 4.57 Å². The summed E-state index contributed by atoms with van der Waals surface area (Å²) in [6.45, 7) is 3.74. The number of halogens is 1. The van der Waals surface area contributed by atoms with Gasteiger partial charge in [0.05, 0.1) is 16.8 Å². The second-order valence-corrected chi connectivity index (χ2v) is 5.11. The fourth-order valence-corrected chi connectivity index (χ4v) is 2.44. The third-order valence-corrected chi connectivity index (χ3v) is 3.68. The van der Waals surface area contributed by atoms with Gasteiger partial charge in [-0.15, -0.1) is 0 Å². The molecule has 0 aliphatic rings. The zero-order chi connectivity index (χ0) is 14.2. The maximum atomic E-state index is 9.23. The maximum Gasteiger partial charge on any atom is 0.126 e. The number of anilines is 1. The van der Waals surface area contributed by atoms with Crippen molar-refractivity contribution in [3.63, 3.8) is 0 Å². The Morgan fingerprint density at radius 3 is 2.42 bits per heavy atom. The summed E-state index contributed by atoms with van der Waals surface area (Å²) in [5, 5.41) is 18.4. The van der Waals surface area contributed by atoms with E-state index in [1.165, 1.54) is 0 Å². The largest absolute Gasteiger partial charge is 0.384 e. The normalized spacial score (nSPS) is 9.95. The van der Waals surface area contributed by atoms with E-state index in [0.29, 0.717) is 22.6 Å². The molecule has 0 aliphatic heterocycles. The first-order chi connectivity index (χ1) is 9.01. The molecular weight excluding hydrogens is 304 g/mol. The summed E-state index contributed by atoms with van der Waals surface area (Å²) in [5.74, 6) is 0.372. The van der Waals surface area contributed by atoms with Crippen LogP contribution in [0.2, 0.25) is 0 Å². The van der Waals surface area contributed by atoms with Gasteiger partial charge < -0.3 is 5.73 Å². The summed E-state index contributed by atoms with van der Waals surface area (Å²) in [6.07, 6.45) is 0. The van der Waals surface area contributed by atoms with Crippen molar-refractivity contribution in [2.45, 2.75) is 13.8 Å². The Kier molecular flexibility index (Phi) is 3.33. The van der Waals surface area contributed by atoms with Gasteiger partial charge in [0, 0.05) is 10.2 Å². The van der Waals surface area contributed by atoms with Crippen molar-refractivity contribution in [1.82, 2.24) is 4.57 Å². The van der Waals surface area contributed by atoms with Crippen molar-refractivity contribution >= 4 is 21.7 Å². The van der Waals surface area contributed by atoms with E-state index >= 15 is 0 Å². The molecule has 94 valence electrons. The van der Waals surface area contributed by atoms with E-state index in [4.69, 9.17) is 11.0 Å². The van der Waals surface area contributed by atoms with Crippen LogP contribution in [0.1, 0.15) is 22.4 Å². The maximum absolute atomic E-state index is 9.23. The van der Waals surface area contributed by atoms with Gasteiger partial charge in [0.1, 0.15) is 18.0 Å². The van der Waals surface area contributed by atoms with Gasteiger partial charge >= 0.3 is 0 Å². The Morgan fingerprint density at radius 2 is 1.89 bits per heavy atom. The SMILES string of the molecule is Cc1c(C#N)c(N)n(-c2ccc(Br)cc2C#N)c1C. The first-order valence-corrected chi connectivity index (χ1v) is 6.38. The van der Waals surface area contributed by atoms with E-state index in [2.05, 4.69) is 28.1 Å². The molecule has 1 aromatic carbocycles. The number of rotatable bonds is 1. The number of nitrogens with two attached hydrogens (primary N) is 1. The lowest BCUT2D eigenvalue weighted by Crippen LogP contribution is -2.04. The van der Waals surface area contributed by atoms with Crippen molar-refractivity contribution in [1.29, 1.82) is 10.5 Å². The summed E-state index contributed by atoms with van der Waals surface area (Å²) in [5.41, 5.74) is 9.39. The molecule has 5 heteroatoms. The fourth-order valence-electron chi connectivity index (χ4n) is 2.08. The molecule has 1 aromatic heterocycles. The summed E-state index contributed by atoms with van der Waals surface area (Å²) < 4.78 is 2.58. The molecule has 0 amide bonds. The lowest BCUT2D eigenvalue weighted by molar-refractivity contribution is 1.01. The van der Waals surface area contributed by atoms with E-state index in [1.807, 2.05) is 26.0 Å². The van der Waals surface area contributed by atoms with Gasteiger partial charge in [0.25, 0.3) is 0 Å². The van der Waals surface area contributed by atoms with E-state index in [1.54, 1.807) is 10.6 Å². The number of benzene rings is 1. The number of nitrogen functional groups attached to an aromatic ring is 1. The molecule has 2 aromatic rings. The minimum Gasteiger partial charge on any atom is -0.384 e. The molecule has 0 saturated carbocycles. The highest BCUT2D eigenvalue weighted by atomic mass is 79.9. The Bertz CT molecular complexity index is 744. The number of hydrogen-bond acceptors (Lipinski definition) is 3. The number of nitriles is 2. The van der Waals surface area contributed by atoms with Gasteiger partial charge in [-0.25, -0.2) is 0 Å². The van der Waals surface area contributed by atoms with Gasteiger partial charge in [0.15, 0.2) is 0 Å². The molecular formula is C14H11BrN4. The molecule has 2 rings (SSSR count). The lowest BCUT2D eigenvalue weighted by atomic mass is 10.2. The monoisotopic (exact) mass is 314 g/mol. The van der Waals surface area contributed by atoms with Crippen LogP contribution in [0.25, 0.3) is 5.69 Å². The zero-order valence-electron chi connectivity index (χ0n) is 10.5. The molecule has 2 N–H and O–H groups in total. The topological polar surface area (TPSA) is 78.5 Å². The molecule has 0 atom stereocenters. The highest BCUT2D eigenvalue weighted by Crippen LogP contribution is 2.30. The van der Waals surface area contributed by atoms with Gasteiger partial charge in [-0.05, 0) is 37.6 Å². The molecule has 0 radical (unpaired) electrons. The van der Waals surface area contributed by atoms with Crippen molar-refractivity contribution in [3.05, 3.63) is 45.1 Å². The lowest BCUT2D eigenvalue weighted by Gasteiger charge is -2.11. The van der Waals surface area contributed by atoms with Crippen molar-refractivity contribution < 1.29 is 0 Å². The quantitative estimate of drug-likeness (QED) is 0.878. The highest BCUT2D eigenvalue weighted by molar-refractivity contribution is 9.10. The van der Waals surface area contributed by atoms with Crippen molar-refractivity contribution in [2.24, 2.45) is 0 Å². The van der Waals surface area contributed by atoms with Crippen LogP contribution in [-0.4, -0.2) is 4.57 Å². The first kappa shape index (κ1) is 13.2. The Balaban J connectivity index is 2.82. The Labute approximate surface area is 119 Å². The van der Waals surface area contributed by atoms with Crippen LogP contribution in [0.5, 0.6) is 0 Å². The molecule has 1 heterocycles. The fraction of sp³-hybridized carbons (Fsp3) is 0.143. The van der Waals surface area contributed by atoms with Crippen molar-refractivity contribution in [2.75, 3.05) is 5.73 Å². The van der Waals surface area contributed by atoms with Crippen LogP contribution >= 0.6 is 15.9 Å². The number of hydrogen-bond donors (Lipinski definition) is 1. The standard InChI is InChI=1S/C14H11BrN4/c1-8-9(2)19(14(18)12(8)7-17)13-4-3-11(15)5-10(13)6-16/h3-5H,18H2,1-2H3. The molecule has 0 spiro atoms. The van der Waals surface area contributed by atoms with E-state index in [-0.39, 0.29) is 0 Å². The van der Waals surface area contributed by atoms with Crippen molar-refractivity contribution in [3.8, 4) is 17.8 Å². The van der Waals surface area contributed by atoms with Gasteiger partial charge in [-0.2, -0.15) is 10.5 Å². The Morgan fingerprint density at radius 1 is 1.21 bits per heavy atom. The first-order valence-electron chi connectivity index (χ1n) is 5.58. The molecule has 0 bridgehead atoms. The summed E-state index contributed by atoms with van der Waals surface area (Å²) >= 11 is 3.34. The molecule has 0 saturated heterocycles. The van der Waals surface area contributed by atoms with Crippen LogP contribution in [0.4, 0.5) is 5.82 Å². The van der Waals surface area contributed by atoms with Gasteiger partial charge in [0.2, 0.25) is 0 Å². The van der Waals surface area contributed by atoms with Crippen LogP contribution < -0.4 is 5.73 Å².